The van der Waals surface area contributed by atoms with Crippen LogP contribution in [0.25, 0.3) is 6.08 Å². The molecule has 2 nitrogen and oxygen atoms in total. The summed E-state index contributed by atoms with van der Waals surface area (Å²) < 4.78 is 10.9. The Bertz CT molecular complexity index is 302. The lowest BCUT2D eigenvalue weighted by Crippen LogP contribution is -1.95. The van der Waals surface area contributed by atoms with E-state index in [2.05, 4.69) is 13.5 Å². The second-order valence-electron chi connectivity index (χ2n) is 4.33. The third kappa shape index (κ3) is 5.73. The highest BCUT2D eigenvalue weighted by Crippen LogP contribution is 2.13. The first-order valence-electron chi connectivity index (χ1n) is 6.65. The maximum atomic E-state index is 5.62. The number of unbranched alkanes of at least 4 members (excludes halogenated alkanes) is 5. The van der Waals surface area contributed by atoms with Crippen LogP contribution in [0.2, 0.25) is 0 Å². The maximum absolute atomic E-state index is 5.62. The largest absolute Gasteiger partial charge is 0.465 e. The van der Waals surface area contributed by atoms with Gasteiger partial charge < -0.3 is 9.15 Å². The van der Waals surface area contributed by atoms with Crippen molar-refractivity contribution in [1.82, 2.24) is 0 Å². The molecule has 0 unspecified atom stereocenters. The standard InChI is InChI=1S/C15H24O2/c1-3-5-6-7-8-9-11-16-13-14-10-12-17-15(14)4-2/h4,10,12H,2-3,5-9,11,13H2,1H3. The van der Waals surface area contributed by atoms with Gasteiger partial charge in [0.15, 0.2) is 0 Å². The number of rotatable bonds is 10. The van der Waals surface area contributed by atoms with Gasteiger partial charge in [-0.1, -0.05) is 45.6 Å². The number of hydrogen-bond acceptors (Lipinski definition) is 2. The summed E-state index contributed by atoms with van der Waals surface area (Å²) in [5.41, 5.74) is 1.09. The van der Waals surface area contributed by atoms with Crippen molar-refractivity contribution in [2.24, 2.45) is 0 Å². The van der Waals surface area contributed by atoms with Crippen molar-refractivity contribution in [3.05, 3.63) is 30.2 Å². The predicted octanol–water partition coefficient (Wildman–Crippen LogP) is 4.80. The van der Waals surface area contributed by atoms with Crippen molar-refractivity contribution in [2.75, 3.05) is 6.61 Å². The predicted molar refractivity (Wildman–Crippen MR) is 71.8 cm³/mol. The molecule has 0 aliphatic carbocycles. The minimum absolute atomic E-state index is 0.632. The minimum atomic E-state index is 0.632. The lowest BCUT2D eigenvalue weighted by atomic mass is 10.1. The van der Waals surface area contributed by atoms with Gasteiger partial charge in [-0.2, -0.15) is 0 Å². The van der Waals surface area contributed by atoms with Gasteiger partial charge in [-0.05, 0) is 18.6 Å². The first-order chi connectivity index (χ1) is 8.38. The molecule has 0 aliphatic rings. The quantitative estimate of drug-likeness (QED) is 0.544. The zero-order chi connectivity index (χ0) is 12.3. The molecule has 96 valence electrons. The molecule has 1 aromatic heterocycles. The van der Waals surface area contributed by atoms with Gasteiger partial charge >= 0.3 is 0 Å². The summed E-state index contributed by atoms with van der Waals surface area (Å²) in [5.74, 6) is 0.827. The highest BCUT2D eigenvalue weighted by atomic mass is 16.5. The highest BCUT2D eigenvalue weighted by molar-refractivity contribution is 5.44. The van der Waals surface area contributed by atoms with Crippen LogP contribution in [0.1, 0.15) is 56.8 Å². The molecule has 0 N–H and O–H groups in total. The lowest BCUT2D eigenvalue weighted by molar-refractivity contribution is 0.116. The summed E-state index contributed by atoms with van der Waals surface area (Å²) in [5, 5.41) is 0. The van der Waals surface area contributed by atoms with E-state index in [1.165, 1.54) is 32.1 Å². The van der Waals surface area contributed by atoms with Crippen LogP contribution in [-0.2, 0) is 11.3 Å². The van der Waals surface area contributed by atoms with E-state index in [-0.39, 0.29) is 0 Å². The van der Waals surface area contributed by atoms with Crippen LogP contribution in [0.15, 0.2) is 23.3 Å². The van der Waals surface area contributed by atoms with Gasteiger partial charge in [0.05, 0.1) is 12.9 Å². The van der Waals surface area contributed by atoms with Crippen LogP contribution in [0, 0.1) is 0 Å². The van der Waals surface area contributed by atoms with E-state index in [4.69, 9.17) is 9.15 Å². The van der Waals surface area contributed by atoms with Crippen molar-refractivity contribution in [3.8, 4) is 0 Å². The topological polar surface area (TPSA) is 22.4 Å². The Morgan fingerprint density at radius 1 is 1.24 bits per heavy atom. The average molecular weight is 236 g/mol. The van der Waals surface area contributed by atoms with E-state index >= 15 is 0 Å². The average Bonchev–Trinajstić information content (AvgIpc) is 2.80. The van der Waals surface area contributed by atoms with Crippen LogP contribution < -0.4 is 0 Å². The molecule has 0 saturated heterocycles. The molecule has 2 heteroatoms. The van der Waals surface area contributed by atoms with E-state index < -0.39 is 0 Å². The van der Waals surface area contributed by atoms with Crippen molar-refractivity contribution in [3.63, 3.8) is 0 Å². The molecule has 1 heterocycles. The number of ether oxygens (including phenoxy) is 1. The zero-order valence-corrected chi connectivity index (χ0v) is 10.9. The molecule has 0 saturated carbocycles. The summed E-state index contributed by atoms with van der Waals surface area (Å²) in [6.45, 7) is 7.41. The van der Waals surface area contributed by atoms with Gasteiger partial charge in [-0.25, -0.2) is 0 Å². The van der Waals surface area contributed by atoms with E-state index in [0.29, 0.717) is 6.61 Å². The summed E-state index contributed by atoms with van der Waals surface area (Å²) in [6, 6.07) is 1.94. The van der Waals surface area contributed by atoms with E-state index in [0.717, 1.165) is 24.4 Å². The van der Waals surface area contributed by atoms with Crippen LogP contribution >= 0.6 is 0 Å². The van der Waals surface area contributed by atoms with Gasteiger partial charge in [0.25, 0.3) is 0 Å². The molecular weight excluding hydrogens is 212 g/mol. The van der Waals surface area contributed by atoms with Gasteiger partial charge in [-0.3, -0.25) is 0 Å². The smallest absolute Gasteiger partial charge is 0.131 e. The normalized spacial score (nSPS) is 10.6. The Morgan fingerprint density at radius 3 is 2.76 bits per heavy atom. The first kappa shape index (κ1) is 14.0. The minimum Gasteiger partial charge on any atom is -0.465 e. The fourth-order valence-electron chi connectivity index (χ4n) is 1.81. The molecule has 0 atom stereocenters. The second-order valence-corrected chi connectivity index (χ2v) is 4.33. The fourth-order valence-corrected chi connectivity index (χ4v) is 1.81. The Hall–Kier alpha value is -1.02. The van der Waals surface area contributed by atoms with Crippen LogP contribution in [0.5, 0.6) is 0 Å². The first-order valence-corrected chi connectivity index (χ1v) is 6.65. The third-order valence-electron chi connectivity index (χ3n) is 2.87. The van der Waals surface area contributed by atoms with Crippen LogP contribution in [-0.4, -0.2) is 6.61 Å². The molecule has 0 aromatic carbocycles. The molecule has 0 fully saturated rings. The third-order valence-corrected chi connectivity index (χ3v) is 2.87. The molecule has 1 rings (SSSR count). The van der Waals surface area contributed by atoms with E-state index in [9.17, 15) is 0 Å². The van der Waals surface area contributed by atoms with Gasteiger partial charge in [0.2, 0.25) is 0 Å². The summed E-state index contributed by atoms with van der Waals surface area (Å²) in [7, 11) is 0. The van der Waals surface area contributed by atoms with Crippen molar-refractivity contribution in [1.29, 1.82) is 0 Å². The molecular formula is C15H24O2. The zero-order valence-electron chi connectivity index (χ0n) is 10.9. The molecule has 17 heavy (non-hydrogen) atoms. The Labute approximate surface area is 105 Å². The Balaban J connectivity index is 1.99. The SMILES string of the molecule is C=Cc1occc1COCCCCCCCC. The maximum Gasteiger partial charge on any atom is 0.131 e. The van der Waals surface area contributed by atoms with Crippen molar-refractivity contribution < 1.29 is 9.15 Å². The highest BCUT2D eigenvalue weighted by Gasteiger charge is 2.01. The van der Waals surface area contributed by atoms with Crippen LogP contribution in [0.3, 0.4) is 0 Å². The molecule has 0 aliphatic heterocycles. The van der Waals surface area contributed by atoms with E-state index in [1.807, 2.05) is 6.07 Å². The van der Waals surface area contributed by atoms with Crippen molar-refractivity contribution in [2.45, 2.75) is 52.1 Å². The van der Waals surface area contributed by atoms with Crippen LogP contribution in [0.4, 0.5) is 0 Å². The fraction of sp³-hybridized carbons (Fsp3) is 0.600. The molecule has 0 spiro atoms. The molecule has 0 amide bonds. The van der Waals surface area contributed by atoms with Crippen molar-refractivity contribution >= 4 is 6.08 Å². The Kier molecular flexibility index (Phi) is 7.48. The monoisotopic (exact) mass is 236 g/mol. The molecule has 0 bridgehead atoms. The second kappa shape index (κ2) is 9.06. The summed E-state index contributed by atoms with van der Waals surface area (Å²) in [4.78, 5) is 0. The Morgan fingerprint density at radius 2 is 2.00 bits per heavy atom. The van der Waals surface area contributed by atoms with Gasteiger partial charge in [0, 0.05) is 12.2 Å². The van der Waals surface area contributed by atoms with Gasteiger partial charge in [-0.15, -0.1) is 0 Å². The van der Waals surface area contributed by atoms with Gasteiger partial charge in [0.1, 0.15) is 5.76 Å². The summed E-state index contributed by atoms with van der Waals surface area (Å²) in [6.07, 6.45) is 11.2. The number of hydrogen-bond donors (Lipinski definition) is 0. The molecule has 0 radical (unpaired) electrons. The summed E-state index contributed by atoms with van der Waals surface area (Å²) >= 11 is 0. The lowest BCUT2D eigenvalue weighted by Gasteiger charge is -2.03. The van der Waals surface area contributed by atoms with E-state index in [1.54, 1.807) is 12.3 Å². The molecule has 1 aromatic rings. The number of furan rings is 1.